The van der Waals surface area contributed by atoms with E-state index in [9.17, 15) is 0 Å². The molecule has 3 rings (SSSR count). The number of thioether (sulfide) groups is 1. The number of rotatable bonds is 5. The number of hydrogen-bond acceptors (Lipinski definition) is 7. The fourth-order valence-corrected chi connectivity index (χ4v) is 2.89. The third-order valence-corrected chi connectivity index (χ3v) is 4.63. The predicted molar refractivity (Wildman–Crippen MR) is 103 cm³/mol. The van der Waals surface area contributed by atoms with E-state index in [0.29, 0.717) is 0 Å². The molecule has 3 N–H and O–H groups in total. The number of nitrogens with zero attached hydrogens (tertiary/aromatic N) is 3. The number of hydrogen-bond donors (Lipinski definition) is 2. The molecule has 0 aliphatic rings. The molecule has 9 heteroatoms. The zero-order valence-electron chi connectivity index (χ0n) is 13.9. The second-order valence-corrected chi connectivity index (χ2v) is 8.23. The van der Waals surface area contributed by atoms with Crippen LogP contribution in [0.15, 0.2) is 33.6 Å². The van der Waals surface area contributed by atoms with Crippen molar-refractivity contribution in [1.82, 2.24) is 15.0 Å². The highest BCUT2D eigenvalue weighted by Gasteiger charge is 2.25. The average molecular weight is 398 g/mol. The molecule has 3 aromatic rings. The second kappa shape index (κ2) is 6.90. The smallest absolute Gasteiger partial charge is 0.228 e. The van der Waals surface area contributed by atoms with E-state index in [4.69, 9.17) is 33.4 Å². The zero-order chi connectivity index (χ0) is 18.2. The van der Waals surface area contributed by atoms with Gasteiger partial charge in [0.25, 0.3) is 0 Å². The van der Waals surface area contributed by atoms with Crippen molar-refractivity contribution in [2.45, 2.75) is 29.1 Å². The van der Waals surface area contributed by atoms with Crippen molar-refractivity contribution in [3.05, 3.63) is 35.9 Å². The number of nitrogens with two attached hydrogens (primary N) is 1. The van der Waals surface area contributed by atoms with Gasteiger partial charge < -0.3 is 15.5 Å². The molecular formula is C16H17Cl2N5OS. The standard InChI is InChI=1S/C16H17Cl2N5OS/c1-8(11-6-9-4-5-10(25-3)7-12(9)24-11)20-15-22-13(16(2,17)18)21-14(19)23-15/h4-8H,1-3H3,(H3,19,20,21,22,23). The number of benzene rings is 1. The fraction of sp³-hybridized carbons (Fsp3) is 0.312. The zero-order valence-corrected chi connectivity index (χ0v) is 16.2. The molecule has 1 unspecified atom stereocenters. The van der Waals surface area contributed by atoms with Crippen LogP contribution >= 0.6 is 35.0 Å². The van der Waals surface area contributed by atoms with E-state index < -0.39 is 4.33 Å². The van der Waals surface area contributed by atoms with E-state index in [1.807, 2.05) is 31.4 Å². The summed E-state index contributed by atoms with van der Waals surface area (Å²) in [7, 11) is 0. The quantitative estimate of drug-likeness (QED) is 0.474. The molecule has 0 fully saturated rings. The first-order valence-electron chi connectivity index (χ1n) is 7.50. The number of furan rings is 1. The third kappa shape index (κ3) is 4.11. The fourth-order valence-electron chi connectivity index (χ4n) is 2.29. The molecule has 2 heterocycles. The minimum absolute atomic E-state index is 0.0430. The van der Waals surface area contributed by atoms with Gasteiger partial charge in [-0.25, -0.2) is 0 Å². The van der Waals surface area contributed by atoms with Crippen LogP contribution in [0.3, 0.4) is 0 Å². The van der Waals surface area contributed by atoms with E-state index in [-0.39, 0.29) is 23.8 Å². The molecule has 1 atom stereocenters. The van der Waals surface area contributed by atoms with Crippen LogP contribution in [0.4, 0.5) is 11.9 Å². The van der Waals surface area contributed by atoms with Crippen LogP contribution in [0.5, 0.6) is 0 Å². The van der Waals surface area contributed by atoms with Gasteiger partial charge in [-0.1, -0.05) is 23.2 Å². The predicted octanol–water partition coefficient (Wildman–Crippen LogP) is 4.75. The van der Waals surface area contributed by atoms with E-state index in [2.05, 4.69) is 26.3 Å². The van der Waals surface area contributed by atoms with Crippen molar-refractivity contribution >= 4 is 57.8 Å². The summed E-state index contributed by atoms with van der Waals surface area (Å²) in [5, 5.41) is 4.18. The Morgan fingerprint density at radius 1 is 1.24 bits per heavy atom. The van der Waals surface area contributed by atoms with Gasteiger partial charge in [0.05, 0.1) is 6.04 Å². The van der Waals surface area contributed by atoms with Crippen molar-refractivity contribution in [2.75, 3.05) is 17.3 Å². The van der Waals surface area contributed by atoms with E-state index in [1.165, 1.54) is 0 Å². The largest absolute Gasteiger partial charge is 0.459 e. The molecule has 0 aliphatic heterocycles. The van der Waals surface area contributed by atoms with Crippen LogP contribution in [-0.4, -0.2) is 21.2 Å². The van der Waals surface area contributed by atoms with Crippen molar-refractivity contribution in [3.63, 3.8) is 0 Å². The van der Waals surface area contributed by atoms with Gasteiger partial charge in [0.15, 0.2) is 10.2 Å². The Labute approximate surface area is 159 Å². The van der Waals surface area contributed by atoms with Crippen LogP contribution in [0.2, 0.25) is 0 Å². The molecule has 0 saturated carbocycles. The minimum atomic E-state index is -1.26. The lowest BCUT2D eigenvalue weighted by Gasteiger charge is -2.15. The summed E-state index contributed by atoms with van der Waals surface area (Å²) in [5.41, 5.74) is 6.55. The maximum atomic E-state index is 6.05. The molecule has 1 aromatic carbocycles. The topological polar surface area (TPSA) is 89.9 Å². The van der Waals surface area contributed by atoms with Gasteiger partial charge in [0.1, 0.15) is 11.3 Å². The van der Waals surface area contributed by atoms with Crippen molar-refractivity contribution in [1.29, 1.82) is 0 Å². The molecule has 0 bridgehead atoms. The first-order valence-corrected chi connectivity index (χ1v) is 9.48. The summed E-state index contributed by atoms with van der Waals surface area (Å²) in [6.45, 7) is 3.51. The van der Waals surface area contributed by atoms with Crippen LogP contribution in [0, 0.1) is 0 Å². The van der Waals surface area contributed by atoms with Crippen LogP contribution in [0.25, 0.3) is 11.0 Å². The summed E-state index contributed by atoms with van der Waals surface area (Å²) in [6.07, 6.45) is 2.03. The first kappa shape index (κ1) is 18.1. The number of fused-ring (bicyclic) bond motifs is 1. The Morgan fingerprint density at radius 3 is 2.68 bits per heavy atom. The van der Waals surface area contributed by atoms with Crippen LogP contribution < -0.4 is 11.1 Å². The number of aromatic nitrogens is 3. The van der Waals surface area contributed by atoms with Gasteiger partial charge in [-0.2, -0.15) is 15.0 Å². The maximum absolute atomic E-state index is 6.05. The van der Waals surface area contributed by atoms with Gasteiger partial charge in [-0.3, -0.25) is 0 Å². The second-order valence-electron chi connectivity index (χ2n) is 5.65. The van der Waals surface area contributed by atoms with Crippen molar-refractivity contribution in [3.8, 4) is 0 Å². The molecule has 2 aromatic heterocycles. The lowest BCUT2D eigenvalue weighted by molar-refractivity contribution is 0.524. The highest BCUT2D eigenvalue weighted by Crippen LogP contribution is 2.32. The lowest BCUT2D eigenvalue weighted by Crippen LogP contribution is -2.17. The monoisotopic (exact) mass is 397 g/mol. The number of halogens is 2. The van der Waals surface area contributed by atoms with Crippen molar-refractivity contribution in [2.24, 2.45) is 0 Å². The molecule has 6 nitrogen and oxygen atoms in total. The number of nitrogen functional groups attached to an aromatic ring is 1. The summed E-state index contributed by atoms with van der Waals surface area (Å²) in [5.74, 6) is 1.27. The van der Waals surface area contributed by atoms with Gasteiger partial charge in [0, 0.05) is 10.3 Å². The maximum Gasteiger partial charge on any atom is 0.228 e. The van der Waals surface area contributed by atoms with Gasteiger partial charge >= 0.3 is 0 Å². The lowest BCUT2D eigenvalue weighted by atomic mass is 10.2. The highest BCUT2D eigenvalue weighted by atomic mass is 35.5. The Bertz CT molecular complexity index is 909. The molecule has 0 amide bonds. The minimum Gasteiger partial charge on any atom is -0.459 e. The summed E-state index contributed by atoms with van der Waals surface area (Å²) < 4.78 is 4.68. The highest BCUT2D eigenvalue weighted by molar-refractivity contribution is 7.98. The van der Waals surface area contributed by atoms with Gasteiger partial charge in [-0.05, 0) is 44.4 Å². The Balaban J connectivity index is 1.87. The van der Waals surface area contributed by atoms with Crippen LogP contribution in [-0.2, 0) is 4.33 Å². The SMILES string of the molecule is CSc1ccc2cc(C(C)Nc3nc(N)nc(C(C)(Cl)Cl)n3)oc2c1. The number of anilines is 2. The van der Waals surface area contributed by atoms with Crippen molar-refractivity contribution < 1.29 is 4.42 Å². The van der Waals surface area contributed by atoms with Gasteiger partial charge in [0.2, 0.25) is 11.9 Å². The molecule has 0 spiro atoms. The van der Waals surface area contributed by atoms with E-state index >= 15 is 0 Å². The van der Waals surface area contributed by atoms with E-state index in [0.717, 1.165) is 21.6 Å². The number of nitrogens with one attached hydrogen (secondary N) is 1. The molecule has 132 valence electrons. The van der Waals surface area contributed by atoms with Crippen LogP contribution in [0.1, 0.15) is 31.5 Å². The average Bonchev–Trinajstić information content (AvgIpc) is 2.96. The molecule has 0 aliphatic carbocycles. The molecule has 0 radical (unpaired) electrons. The molecule has 0 saturated heterocycles. The molecule has 25 heavy (non-hydrogen) atoms. The molecular weight excluding hydrogens is 381 g/mol. The Kier molecular flexibility index (Phi) is 4.99. The normalized spacial score (nSPS) is 13.2. The Morgan fingerprint density at radius 2 is 2.00 bits per heavy atom. The van der Waals surface area contributed by atoms with Gasteiger partial charge in [-0.15, -0.1) is 11.8 Å². The first-order chi connectivity index (χ1) is 11.8. The summed E-state index contributed by atoms with van der Waals surface area (Å²) in [4.78, 5) is 13.4. The summed E-state index contributed by atoms with van der Waals surface area (Å²) >= 11 is 13.8. The summed E-state index contributed by atoms with van der Waals surface area (Å²) in [6, 6.07) is 7.91. The Hall–Kier alpha value is -1.70. The third-order valence-electron chi connectivity index (χ3n) is 3.56. The number of alkyl halides is 2. The van der Waals surface area contributed by atoms with E-state index in [1.54, 1.807) is 18.7 Å².